The highest BCUT2D eigenvalue weighted by Gasteiger charge is 2.75. The molecule has 4 aliphatic rings. The summed E-state index contributed by atoms with van der Waals surface area (Å²) in [4.78, 5) is 48.6. The van der Waals surface area contributed by atoms with E-state index in [-0.39, 0.29) is 49.1 Å². The van der Waals surface area contributed by atoms with Crippen molar-refractivity contribution in [1.82, 2.24) is 16.1 Å². The fourth-order valence-corrected chi connectivity index (χ4v) is 8.21. The highest BCUT2D eigenvalue weighted by atomic mass is 19.1. The average molecular weight is 587 g/mol. The van der Waals surface area contributed by atoms with Crippen LogP contribution in [0.2, 0.25) is 0 Å². The number of ketones is 1. The lowest BCUT2D eigenvalue weighted by atomic mass is 9.44. The maximum absolute atomic E-state index is 17.5. The highest BCUT2D eigenvalue weighted by Crippen LogP contribution is 2.70. The molecule has 0 unspecified atom stereocenters. The van der Waals surface area contributed by atoms with E-state index in [0.29, 0.717) is 25.0 Å². The van der Waals surface area contributed by atoms with E-state index >= 15 is 4.39 Å². The van der Waals surface area contributed by atoms with Crippen LogP contribution < -0.4 is 16.1 Å². The molecule has 0 spiro atoms. The first-order chi connectivity index (χ1) is 19.6. The molecule has 5 N–H and O–H groups in total. The number of Topliss-reactive ketones (excluding diaryl/α,β-unsaturated/α-hetero) is 1. The van der Waals surface area contributed by atoms with Crippen LogP contribution in [-0.4, -0.2) is 69.9 Å². The first-order valence-corrected chi connectivity index (χ1v) is 14.7. The Morgan fingerprint density at radius 2 is 1.81 bits per heavy atom. The zero-order valence-corrected chi connectivity index (χ0v) is 25.1. The van der Waals surface area contributed by atoms with Gasteiger partial charge < -0.3 is 20.8 Å². The van der Waals surface area contributed by atoms with Crippen LogP contribution >= 0.6 is 0 Å². The van der Waals surface area contributed by atoms with Gasteiger partial charge in [0, 0.05) is 28.7 Å². The molecule has 10 nitrogen and oxygen atoms in total. The molecule has 11 heteroatoms. The molecule has 4 aliphatic carbocycles. The van der Waals surface area contributed by atoms with Crippen LogP contribution in [0.25, 0.3) is 0 Å². The molecule has 0 aliphatic heterocycles. The number of nitrogens with zero attached hydrogens (tertiary/aromatic N) is 1. The SMILES string of the molecule is C=C(C)C(=O)NCC(=O)NCC(=O)NN=C1C=C[C@@]2(C)C(=C1)CC[C@H]1[C@@H]3C[C@@H](C)[C@](O)(C(=O)CC)[C@@]3(C)C[C@H](O)[C@@]12F. The van der Waals surface area contributed by atoms with Crippen LogP contribution in [0.15, 0.2) is 41.1 Å². The van der Waals surface area contributed by atoms with Crippen LogP contribution in [-0.2, 0) is 19.2 Å². The van der Waals surface area contributed by atoms with Crippen molar-refractivity contribution >= 4 is 29.2 Å². The van der Waals surface area contributed by atoms with Crippen molar-refractivity contribution in [2.45, 2.75) is 84.1 Å². The topological polar surface area (TPSA) is 157 Å². The zero-order valence-electron chi connectivity index (χ0n) is 25.1. The lowest BCUT2D eigenvalue weighted by Gasteiger charge is -2.62. The Morgan fingerprint density at radius 3 is 2.45 bits per heavy atom. The number of hydrazone groups is 1. The monoisotopic (exact) mass is 586 g/mol. The Hall–Kier alpha value is -3.18. The third kappa shape index (κ3) is 4.74. The summed E-state index contributed by atoms with van der Waals surface area (Å²) in [5.74, 6) is -3.02. The van der Waals surface area contributed by atoms with Gasteiger partial charge in [0.1, 0.15) is 5.60 Å². The number of fused-ring (bicyclic) bond motifs is 5. The van der Waals surface area contributed by atoms with E-state index < -0.39 is 51.8 Å². The first kappa shape index (κ1) is 31.7. The molecule has 3 fully saturated rings. The number of alkyl halides is 1. The molecular formula is C31H43FN4O6. The van der Waals surface area contributed by atoms with Gasteiger partial charge in [0.2, 0.25) is 11.8 Å². The molecular weight excluding hydrogens is 543 g/mol. The van der Waals surface area contributed by atoms with Gasteiger partial charge in [0.25, 0.3) is 5.91 Å². The lowest BCUT2D eigenvalue weighted by molar-refractivity contribution is -0.218. The molecule has 0 heterocycles. The number of halogens is 1. The molecule has 3 amide bonds. The van der Waals surface area contributed by atoms with Gasteiger partial charge in [-0.15, -0.1) is 0 Å². The number of allylic oxidation sites excluding steroid dienone is 4. The van der Waals surface area contributed by atoms with Crippen LogP contribution in [0.5, 0.6) is 0 Å². The zero-order chi connectivity index (χ0) is 31.3. The number of rotatable bonds is 8. The number of hydrogen-bond donors (Lipinski definition) is 5. The molecule has 0 saturated heterocycles. The number of aliphatic hydroxyl groups is 2. The third-order valence-electron chi connectivity index (χ3n) is 10.5. The largest absolute Gasteiger partial charge is 0.390 e. The van der Waals surface area contributed by atoms with Gasteiger partial charge in [0.05, 0.1) is 24.9 Å². The van der Waals surface area contributed by atoms with E-state index in [1.54, 1.807) is 32.1 Å². The summed E-state index contributed by atoms with van der Waals surface area (Å²) < 4.78 is 17.5. The second-order valence-electron chi connectivity index (χ2n) is 12.9. The van der Waals surface area contributed by atoms with Crippen LogP contribution in [0.4, 0.5) is 4.39 Å². The lowest BCUT2D eigenvalue weighted by Crippen LogP contribution is -2.69. The van der Waals surface area contributed by atoms with E-state index in [1.807, 2.05) is 13.8 Å². The summed E-state index contributed by atoms with van der Waals surface area (Å²) >= 11 is 0. The van der Waals surface area contributed by atoms with Gasteiger partial charge in [-0.25, -0.2) is 9.82 Å². The second-order valence-corrected chi connectivity index (χ2v) is 12.9. The van der Waals surface area contributed by atoms with Crippen molar-refractivity contribution in [3.8, 4) is 0 Å². The van der Waals surface area contributed by atoms with E-state index in [4.69, 9.17) is 0 Å². The molecule has 0 aromatic rings. The minimum absolute atomic E-state index is 0.0203. The standard InChI is InChI=1S/C31H43FN4O6/c1-7-23(37)31(42)18(4)12-22-21-9-8-19-13-20(10-11-28(19,5)30(21,32)24(38)14-29(22,31)6)35-36-26(40)16-33-25(39)15-34-27(41)17(2)3/h10-11,13,18,21-22,24,38,42H,2,7-9,12,14-16H2,1,3-6H3,(H,33,39)(H,34,41)(H,36,40)/t18-,21+,22+,24+,28+,29+,30+,31+/m1/s1. The van der Waals surface area contributed by atoms with Gasteiger partial charge in [-0.05, 0) is 63.5 Å². The Labute approximate surface area is 246 Å². The van der Waals surface area contributed by atoms with Gasteiger partial charge in [-0.1, -0.05) is 39.0 Å². The third-order valence-corrected chi connectivity index (χ3v) is 10.5. The summed E-state index contributed by atoms with van der Waals surface area (Å²) in [5, 5.41) is 32.1. The Bertz CT molecular complexity index is 1290. The second kappa shape index (κ2) is 11.1. The first-order valence-electron chi connectivity index (χ1n) is 14.7. The number of aliphatic hydroxyl groups excluding tert-OH is 1. The van der Waals surface area contributed by atoms with Crippen molar-refractivity contribution < 1.29 is 33.8 Å². The van der Waals surface area contributed by atoms with Crippen LogP contribution in [0.3, 0.4) is 0 Å². The van der Waals surface area contributed by atoms with Gasteiger partial charge in [0.15, 0.2) is 11.5 Å². The highest BCUT2D eigenvalue weighted by molar-refractivity contribution is 6.06. The van der Waals surface area contributed by atoms with Crippen LogP contribution in [0, 0.1) is 28.6 Å². The minimum atomic E-state index is -2.02. The molecule has 4 rings (SSSR count). The van der Waals surface area contributed by atoms with Crippen molar-refractivity contribution in [2.75, 3.05) is 13.1 Å². The van der Waals surface area contributed by atoms with Crippen LogP contribution in [0.1, 0.15) is 66.7 Å². The number of hydrogen-bond acceptors (Lipinski definition) is 7. The Balaban J connectivity index is 1.46. The minimum Gasteiger partial charge on any atom is -0.390 e. The van der Waals surface area contributed by atoms with Gasteiger partial charge in [-0.3, -0.25) is 19.2 Å². The van der Waals surface area contributed by atoms with E-state index in [0.717, 1.165) is 5.57 Å². The normalized spacial score (nSPS) is 39.3. The molecule has 8 atom stereocenters. The molecule has 0 aromatic heterocycles. The van der Waals surface area contributed by atoms with Crippen molar-refractivity contribution in [3.05, 3.63) is 36.0 Å². The predicted octanol–water partition coefficient (Wildman–Crippen LogP) is 2.03. The van der Waals surface area contributed by atoms with E-state index in [1.165, 1.54) is 6.92 Å². The molecule has 0 aromatic carbocycles. The van der Waals surface area contributed by atoms with E-state index in [9.17, 15) is 29.4 Å². The molecule has 0 bridgehead atoms. The number of carbonyl (C=O) groups excluding carboxylic acids is 4. The summed E-state index contributed by atoms with van der Waals surface area (Å²) in [5.41, 5.74) is -1.93. The molecule has 3 saturated carbocycles. The number of amides is 3. The smallest absolute Gasteiger partial charge is 0.259 e. The molecule has 230 valence electrons. The van der Waals surface area contributed by atoms with Crippen molar-refractivity contribution in [2.24, 2.45) is 33.7 Å². The van der Waals surface area contributed by atoms with Gasteiger partial charge >= 0.3 is 0 Å². The van der Waals surface area contributed by atoms with Crippen molar-refractivity contribution in [3.63, 3.8) is 0 Å². The summed E-state index contributed by atoms with van der Waals surface area (Å²) in [6.45, 7) is 11.5. The van der Waals surface area contributed by atoms with Gasteiger partial charge in [-0.2, -0.15) is 5.10 Å². The molecule has 0 radical (unpaired) electrons. The average Bonchev–Trinajstić information content (AvgIpc) is 3.15. The summed E-state index contributed by atoms with van der Waals surface area (Å²) in [6.07, 6.45) is 5.26. The number of nitrogens with one attached hydrogen (secondary N) is 3. The summed E-state index contributed by atoms with van der Waals surface area (Å²) in [6, 6.07) is 0. The quantitative estimate of drug-likeness (QED) is 0.216. The van der Waals surface area contributed by atoms with Crippen molar-refractivity contribution in [1.29, 1.82) is 0 Å². The fraction of sp³-hybridized carbons (Fsp3) is 0.645. The maximum Gasteiger partial charge on any atom is 0.259 e. The Morgan fingerprint density at radius 1 is 1.14 bits per heavy atom. The maximum atomic E-state index is 17.5. The fourth-order valence-electron chi connectivity index (χ4n) is 8.21. The summed E-state index contributed by atoms with van der Waals surface area (Å²) in [7, 11) is 0. The van der Waals surface area contributed by atoms with E-state index in [2.05, 4.69) is 27.7 Å². The number of carbonyl (C=O) groups is 4. The predicted molar refractivity (Wildman–Crippen MR) is 155 cm³/mol. The Kier molecular flexibility index (Phi) is 8.43. The molecule has 42 heavy (non-hydrogen) atoms.